The summed E-state index contributed by atoms with van der Waals surface area (Å²) in [4.78, 5) is 15.6. The van der Waals surface area contributed by atoms with Gasteiger partial charge in [0.2, 0.25) is 0 Å². The Balaban J connectivity index is 2.73. The third kappa shape index (κ3) is 2.96. The first-order chi connectivity index (χ1) is 6.91. The Hall–Kier alpha value is -1.03. The van der Waals surface area contributed by atoms with E-state index >= 15 is 0 Å². The van der Waals surface area contributed by atoms with E-state index in [-0.39, 0.29) is 12.1 Å². The lowest BCUT2D eigenvalue weighted by Crippen LogP contribution is -2.36. The summed E-state index contributed by atoms with van der Waals surface area (Å²) in [6.07, 6.45) is 0. The summed E-state index contributed by atoms with van der Waals surface area (Å²) >= 11 is 1.77. The van der Waals surface area contributed by atoms with Gasteiger partial charge in [-0.1, -0.05) is 0 Å². The first-order valence-corrected chi connectivity index (χ1v) is 5.78. The molecule has 0 radical (unpaired) electrons. The van der Waals surface area contributed by atoms with Crippen molar-refractivity contribution in [3.63, 3.8) is 0 Å². The number of hydrogen-bond acceptors (Lipinski definition) is 2. The Labute approximate surface area is 95.1 Å². The minimum atomic E-state index is -0.0502. The van der Waals surface area contributed by atoms with Crippen LogP contribution in [0.1, 0.15) is 28.3 Å². The molecule has 1 N–H and O–H groups in total. The van der Waals surface area contributed by atoms with Crippen LogP contribution in [0, 0.1) is 13.8 Å². The fraction of sp³-hybridized carbons (Fsp3) is 0.545. The lowest BCUT2D eigenvalue weighted by molar-refractivity contribution is 0.214. The van der Waals surface area contributed by atoms with Gasteiger partial charge in [0.05, 0.1) is 6.04 Å². The van der Waals surface area contributed by atoms with Crippen LogP contribution in [0.15, 0.2) is 6.07 Å². The van der Waals surface area contributed by atoms with Gasteiger partial charge < -0.3 is 10.2 Å². The zero-order chi connectivity index (χ0) is 11.6. The molecule has 1 heterocycles. The van der Waals surface area contributed by atoms with Crippen molar-refractivity contribution >= 4 is 17.4 Å². The summed E-state index contributed by atoms with van der Waals surface area (Å²) in [5.41, 5.74) is 1.22. The first kappa shape index (κ1) is 12.0. The van der Waals surface area contributed by atoms with E-state index in [4.69, 9.17) is 0 Å². The lowest BCUT2D eigenvalue weighted by atomic mass is 10.1. The first-order valence-electron chi connectivity index (χ1n) is 4.96. The summed E-state index contributed by atoms with van der Waals surface area (Å²) in [7, 11) is 3.49. The number of aryl methyl sites for hydroxylation is 2. The summed E-state index contributed by atoms with van der Waals surface area (Å²) in [6.45, 7) is 6.18. The second kappa shape index (κ2) is 4.66. The van der Waals surface area contributed by atoms with Crippen LogP contribution < -0.4 is 5.32 Å². The highest BCUT2D eigenvalue weighted by molar-refractivity contribution is 7.12. The number of carbonyl (C=O) groups is 1. The van der Waals surface area contributed by atoms with Gasteiger partial charge in [0.25, 0.3) is 0 Å². The van der Waals surface area contributed by atoms with E-state index in [0.717, 1.165) is 0 Å². The van der Waals surface area contributed by atoms with E-state index < -0.39 is 0 Å². The minimum absolute atomic E-state index is 0.0502. The molecule has 0 saturated carbocycles. The molecule has 1 atom stereocenters. The number of urea groups is 1. The quantitative estimate of drug-likeness (QED) is 0.826. The molecule has 0 fully saturated rings. The SMILES string of the molecule is Cc1cc(C(C)NC(=O)N(C)C)c(C)s1. The molecular weight excluding hydrogens is 208 g/mol. The Morgan fingerprint density at radius 1 is 1.47 bits per heavy atom. The number of rotatable bonds is 2. The van der Waals surface area contributed by atoms with Crippen molar-refractivity contribution in [2.24, 2.45) is 0 Å². The van der Waals surface area contributed by atoms with Gasteiger partial charge in [-0.05, 0) is 32.4 Å². The van der Waals surface area contributed by atoms with Crippen LogP contribution in [0.3, 0.4) is 0 Å². The van der Waals surface area contributed by atoms with Crippen LogP contribution in [0.4, 0.5) is 4.79 Å². The molecule has 4 heteroatoms. The third-order valence-electron chi connectivity index (χ3n) is 2.29. The summed E-state index contributed by atoms with van der Waals surface area (Å²) < 4.78 is 0. The molecule has 0 aliphatic rings. The Bertz CT molecular complexity index is 357. The molecule has 0 aliphatic heterocycles. The van der Waals surface area contributed by atoms with Gasteiger partial charge in [-0.25, -0.2) is 4.79 Å². The van der Waals surface area contributed by atoms with Crippen molar-refractivity contribution in [1.29, 1.82) is 0 Å². The van der Waals surface area contributed by atoms with Gasteiger partial charge in [0, 0.05) is 23.8 Å². The summed E-state index contributed by atoms with van der Waals surface area (Å²) in [5, 5.41) is 2.94. The van der Waals surface area contributed by atoms with Gasteiger partial charge in [-0.15, -0.1) is 11.3 Å². The molecule has 0 spiro atoms. The second-order valence-corrected chi connectivity index (χ2v) is 5.39. The van der Waals surface area contributed by atoms with Crippen molar-refractivity contribution in [2.45, 2.75) is 26.8 Å². The fourth-order valence-electron chi connectivity index (χ4n) is 1.47. The number of nitrogens with one attached hydrogen (secondary N) is 1. The fourth-order valence-corrected chi connectivity index (χ4v) is 2.49. The zero-order valence-electron chi connectivity index (χ0n) is 9.92. The molecule has 84 valence electrons. The van der Waals surface area contributed by atoms with Crippen LogP contribution in [0.25, 0.3) is 0 Å². The monoisotopic (exact) mass is 226 g/mol. The summed E-state index contributed by atoms with van der Waals surface area (Å²) in [6, 6.07) is 2.16. The smallest absolute Gasteiger partial charge is 0.317 e. The van der Waals surface area contributed by atoms with Gasteiger partial charge in [-0.2, -0.15) is 0 Å². The Morgan fingerprint density at radius 3 is 2.47 bits per heavy atom. The predicted molar refractivity (Wildman–Crippen MR) is 64.4 cm³/mol. The highest BCUT2D eigenvalue weighted by atomic mass is 32.1. The molecule has 0 aromatic carbocycles. The molecule has 2 amide bonds. The van der Waals surface area contributed by atoms with E-state index in [9.17, 15) is 4.79 Å². The van der Waals surface area contributed by atoms with Crippen LogP contribution in [-0.4, -0.2) is 25.0 Å². The second-order valence-electron chi connectivity index (χ2n) is 3.93. The summed E-state index contributed by atoms with van der Waals surface area (Å²) in [5.74, 6) is 0. The zero-order valence-corrected chi connectivity index (χ0v) is 10.7. The normalized spacial score (nSPS) is 12.3. The standard InChI is InChI=1S/C11H18N2OS/c1-7-6-10(9(3)15-7)8(2)12-11(14)13(4)5/h6,8H,1-5H3,(H,12,14). The van der Waals surface area contributed by atoms with Gasteiger partial charge in [-0.3, -0.25) is 0 Å². The molecule has 1 rings (SSSR count). The lowest BCUT2D eigenvalue weighted by Gasteiger charge is -2.17. The van der Waals surface area contributed by atoms with Crippen LogP contribution in [-0.2, 0) is 0 Å². The van der Waals surface area contributed by atoms with Crippen molar-refractivity contribution in [2.75, 3.05) is 14.1 Å². The van der Waals surface area contributed by atoms with Crippen molar-refractivity contribution in [3.05, 3.63) is 21.4 Å². The highest BCUT2D eigenvalue weighted by Gasteiger charge is 2.14. The van der Waals surface area contributed by atoms with Crippen LogP contribution in [0.2, 0.25) is 0 Å². The third-order valence-corrected chi connectivity index (χ3v) is 3.27. The average molecular weight is 226 g/mol. The van der Waals surface area contributed by atoms with E-state index in [2.05, 4.69) is 25.2 Å². The van der Waals surface area contributed by atoms with E-state index in [1.165, 1.54) is 15.3 Å². The largest absolute Gasteiger partial charge is 0.331 e. The molecule has 3 nitrogen and oxygen atoms in total. The Kier molecular flexibility index (Phi) is 3.74. The molecule has 0 saturated heterocycles. The minimum Gasteiger partial charge on any atom is -0.331 e. The van der Waals surface area contributed by atoms with Crippen LogP contribution >= 0.6 is 11.3 Å². The topological polar surface area (TPSA) is 32.3 Å². The molecular formula is C11H18N2OS. The maximum absolute atomic E-state index is 11.5. The van der Waals surface area contributed by atoms with Crippen molar-refractivity contribution in [1.82, 2.24) is 10.2 Å². The number of nitrogens with zero attached hydrogens (tertiary/aromatic N) is 1. The predicted octanol–water partition coefficient (Wildman–Crippen LogP) is 2.70. The molecule has 1 aromatic heterocycles. The maximum atomic E-state index is 11.5. The van der Waals surface area contributed by atoms with Gasteiger partial charge in [0.1, 0.15) is 0 Å². The highest BCUT2D eigenvalue weighted by Crippen LogP contribution is 2.26. The van der Waals surface area contributed by atoms with E-state index in [1.54, 1.807) is 30.3 Å². The number of thiophene rings is 1. The molecule has 1 unspecified atom stereocenters. The van der Waals surface area contributed by atoms with Crippen molar-refractivity contribution in [3.8, 4) is 0 Å². The molecule has 15 heavy (non-hydrogen) atoms. The Morgan fingerprint density at radius 2 is 2.07 bits per heavy atom. The van der Waals surface area contributed by atoms with E-state index in [0.29, 0.717) is 0 Å². The number of hydrogen-bond donors (Lipinski definition) is 1. The number of carbonyl (C=O) groups excluding carboxylic acids is 1. The number of amides is 2. The maximum Gasteiger partial charge on any atom is 0.317 e. The van der Waals surface area contributed by atoms with Gasteiger partial charge >= 0.3 is 6.03 Å². The average Bonchev–Trinajstić information content (AvgIpc) is 2.44. The van der Waals surface area contributed by atoms with E-state index in [1.807, 2.05) is 6.92 Å². The van der Waals surface area contributed by atoms with Crippen molar-refractivity contribution < 1.29 is 4.79 Å². The van der Waals surface area contributed by atoms with Crippen LogP contribution in [0.5, 0.6) is 0 Å². The van der Waals surface area contributed by atoms with Gasteiger partial charge in [0.15, 0.2) is 0 Å². The molecule has 1 aromatic rings. The molecule has 0 bridgehead atoms. The molecule has 0 aliphatic carbocycles.